The lowest BCUT2D eigenvalue weighted by molar-refractivity contribution is -0.248. The average molecular weight is 525 g/mol. The Balaban J connectivity index is 1.45. The Morgan fingerprint density at radius 1 is 0.974 bits per heavy atom. The number of aliphatic hydroxyl groups is 2. The van der Waals surface area contributed by atoms with Crippen LogP contribution in [0.4, 0.5) is 19.0 Å². The van der Waals surface area contributed by atoms with Gasteiger partial charge in [-0.2, -0.15) is 13.2 Å². The van der Waals surface area contributed by atoms with Crippen LogP contribution in [0.1, 0.15) is 42.6 Å². The van der Waals surface area contributed by atoms with E-state index in [1.807, 2.05) is 4.40 Å². The number of aromatic nitrogens is 3. The molecule has 7 nitrogen and oxygen atoms in total. The fourth-order valence-corrected chi connectivity index (χ4v) is 5.94. The number of nitrogen functional groups attached to an aromatic ring is 1. The Morgan fingerprint density at radius 2 is 1.63 bits per heavy atom. The Kier molecular flexibility index (Phi) is 5.57. The summed E-state index contributed by atoms with van der Waals surface area (Å²) in [5, 5.41) is 20.8. The molecule has 4 N–H and O–H groups in total. The fourth-order valence-electron chi connectivity index (χ4n) is 5.94. The first-order valence-corrected chi connectivity index (χ1v) is 12.5. The van der Waals surface area contributed by atoms with Crippen LogP contribution in [-0.4, -0.2) is 49.6 Å². The summed E-state index contributed by atoms with van der Waals surface area (Å²) < 4.78 is 50.6. The van der Waals surface area contributed by atoms with E-state index in [0.29, 0.717) is 36.2 Å². The van der Waals surface area contributed by atoms with Crippen LogP contribution < -0.4 is 5.73 Å². The quantitative estimate of drug-likeness (QED) is 0.359. The zero-order chi connectivity index (χ0) is 26.8. The number of imidazole rings is 1. The van der Waals surface area contributed by atoms with Gasteiger partial charge in [0.1, 0.15) is 22.9 Å². The van der Waals surface area contributed by atoms with Gasteiger partial charge in [-0.15, -0.1) is 0 Å². The molecule has 4 heterocycles. The van der Waals surface area contributed by atoms with Gasteiger partial charge in [-0.3, -0.25) is 4.40 Å². The molecule has 1 unspecified atom stereocenters. The van der Waals surface area contributed by atoms with Crippen molar-refractivity contribution in [3.8, 4) is 11.3 Å². The smallest absolute Gasteiger partial charge is 0.393 e. The van der Waals surface area contributed by atoms with Crippen LogP contribution in [0.25, 0.3) is 16.8 Å². The molecule has 2 saturated heterocycles. The first-order chi connectivity index (χ1) is 18.1. The standard InChI is InChI=1S/C28H27F3N4O3/c29-28(30,31)27(37,19-4-2-1-3-5-19)20-8-6-18(7-9-20)21-22-23(32)33-14-15-35(22)24(34-21)25-10-12-26(16-36,13-11-25)38-17-25/h1-9,14-15,36-37H,10-13,16-17H2,(H2,32,33). The number of aliphatic hydroxyl groups excluding tert-OH is 1. The number of halogens is 3. The number of rotatable bonds is 5. The first-order valence-electron chi connectivity index (χ1n) is 12.5. The van der Waals surface area contributed by atoms with Crippen molar-refractivity contribution in [1.82, 2.24) is 14.4 Å². The van der Waals surface area contributed by atoms with Crippen LogP contribution >= 0.6 is 0 Å². The van der Waals surface area contributed by atoms with Crippen LogP contribution in [0.15, 0.2) is 67.0 Å². The molecule has 3 aliphatic rings. The summed E-state index contributed by atoms with van der Waals surface area (Å²) in [6.07, 6.45) is 1.40. The highest BCUT2D eigenvalue weighted by molar-refractivity contribution is 5.85. The van der Waals surface area contributed by atoms with Crippen LogP contribution in [0.3, 0.4) is 0 Å². The number of nitrogens with two attached hydrogens (primary N) is 1. The van der Waals surface area contributed by atoms with Gasteiger partial charge in [0.2, 0.25) is 5.60 Å². The van der Waals surface area contributed by atoms with Gasteiger partial charge in [0.15, 0.2) is 0 Å². The van der Waals surface area contributed by atoms with E-state index < -0.39 is 17.4 Å². The summed E-state index contributed by atoms with van der Waals surface area (Å²) in [6, 6.07) is 12.6. The van der Waals surface area contributed by atoms with E-state index in [-0.39, 0.29) is 29.0 Å². The van der Waals surface area contributed by atoms with E-state index in [9.17, 15) is 23.4 Å². The highest BCUT2D eigenvalue weighted by atomic mass is 19.4. The molecule has 2 aliphatic heterocycles. The lowest BCUT2D eigenvalue weighted by Crippen LogP contribution is -2.55. The third-order valence-corrected chi connectivity index (χ3v) is 8.30. The maximum atomic E-state index is 14.2. The van der Waals surface area contributed by atoms with Crippen molar-refractivity contribution in [2.75, 3.05) is 18.9 Å². The first kappa shape index (κ1) is 24.8. The predicted octanol–water partition coefficient (Wildman–Crippen LogP) is 4.35. The predicted molar refractivity (Wildman–Crippen MR) is 134 cm³/mol. The van der Waals surface area contributed by atoms with Crippen molar-refractivity contribution in [3.05, 3.63) is 83.9 Å². The molecular weight excluding hydrogens is 497 g/mol. The highest BCUT2D eigenvalue weighted by Crippen LogP contribution is 2.51. The van der Waals surface area contributed by atoms with Gasteiger partial charge in [-0.1, -0.05) is 54.6 Å². The number of hydrogen-bond donors (Lipinski definition) is 3. The van der Waals surface area contributed by atoms with Gasteiger partial charge in [-0.05, 0) is 36.8 Å². The van der Waals surface area contributed by atoms with Crippen molar-refractivity contribution in [3.63, 3.8) is 0 Å². The van der Waals surface area contributed by atoms with Crippen molar-refractivity contribution in [2.24, 2.45) is 0 Å². The molecule has 2 aromatic carbocycles. The summed E-state index contributed by atoms with van der Waals surface area (Å²) in [4.78, 5) is 9.20. The molecule has 0 amide bonds. The van der Waals surface area contributed by atoms with Crippen molar-refractivity contribution >= 4 is 11.3 Å². The average Bonchev–Trinajstić information content (AvgIpc) is 3.35. The second-order valence-corrected chi connectivity index (χ2v) is 10.4. The third-order valence-electron chi connectivity index (χ3n) is 8.30. The third kappa shape index (κ3) is 3.54. The van der Waals surface area contributed by atoms with E-state index in [1.54, 1.807) is 18.5 Å². The Morgan fingerprint density at radius 3 is 2.21 bits per heavy atom. The van der Waals surface area contributed by atoms with E-state index in [4.69, 9.17) is 15.5 Å². The Bertz CT molecular complexity index is 1460. The maximum absolute atomic E-state index is 14.2. The van der Waals surface area contributed by atoms with Gasteiger partial charge in [0, 0.05) is 18.0 Å². The number of ether oxygens (including phenoxy) is 1. The normalized spacial score (nSPS) is 25.0. The van der Waals surface area contributed by atoms with Gasteiger partial charge in [0.05, 0.1) is 24.2 Å². The summed E-state index contributed by atoms with van der Waals surface area (Å²) in [7, 11) is 0. The molecule has 0 spiro atoms. The number of nitrogens with zero attached hydrogens (tertiary/aromatic N) is 3. The molecule has 1 atom stereocenters. The van der Waals surface area contributed by atoms with Gasteiger partial charge in [-0.25, -0.2) is 9.97 Å². The molecule has 198 valence electrons. The number of alkyl halides is 3. The molecule has 10 heteroatoms. The molecular formula is C28H27F3N4O3. The minimum Gasteiger partial charge on any atom is -0.393 e. The molecule has 0 radical (unpaired) electrons. The maximum Gasteiger partial charge on any atom is 0.425 e. The van der Waals surface area contributed by atoms with Gasteiger partial charge < -0.3 is 20.7 Å². The summed E-state index contributed by atoms with van der Waals surface area (Å²) in [5.41, 5.74) is 3.26. The second-order valence-electron chi connectivity index (χ2n) is 10.4. The molecule has 1 aliphatic carbocycles. The minimum atomic E-state index is -4.94. The molecule has 2 aromatic heterocycles. The van der Waals surface area contributed by atoms with Crippen molar-refractivity contribution < 1.29 is 28.1 Å². The lowest BCUT2D eigenvalue weighted by atomic mass is 9.66. The molecule has 38 heavy (non-hydrogen) atoms. The van der Waals surface area contributed by atoms with Gasteiger partial charge >= 0.3 is 6.18 Å². The van der Waals surface area contributed by atoms with Crippen LogP contribution in [0, 0.1) is 0 Å². The highest BCUT2D eigenvalue weighted by Gasteiger charge is 2.56. The number of anilines is 1. The number of hydrogen-bond acceptors (Lipinski definition) is 6. The zero-order valence-electron chi connectivity index (χ0n) is 20.4. The largest absolute Gasteiger partial charge is 0.425 e. The SMILES string of the molecule is Nc1nccn2c(C34CCC(CO)(CC3)OC4)nc(-c3ccc(C(O)(c4ccccc4)C(F)(F)F)cc3)c12. The summed E-state index contributed by atoms with van der Waals surface area (Å²) >= 11 is 0. The second kappa shape index (κ2) is 8.52. The van der Waals surface area contributed by atoms with E-state index in [0.717, 1.165) is 18.7 Å². The molecule has 4 aromatic rings. The summed E-state index contributed by atoms with van der Waals surface area (Å²) in [6.45, 7) is 0.385. The molecule has 3 fully saturated rings. The Hall–Kier alpha value is -3.47. The van der Waals surface area contributed by atoms with Crippen LogP contribution in [0.5, 0.6) is 0 Å². The van der Waals surface area contributed by atoms with Crippen molar-refractivity contribution in [2.45, 2.75) is 48.5 Å². The lowest BCUT2D eigenvalue weighted by Gasteiger charge is -2.51. The van der Waals surface area contributed by atoms with E-state index in [2.05, 4.69) is 4.98 Å². The van der Waals surface area contributed by atoms with E-state index >= 15 is 0 Å². The molecule has 1 saturated carbocycles. The topological polar surface area (TPSA) is 106 Å². The van der Waals surface area contributed by atoms with Crippen LogP contribution in [-0.2, 0) is 15.8 Å². The monoisotopic (exact) mass is 524 g/mol. The molecule has 2 bridgehead atoms. The van der Waals surface area contributed by atoms with Crippen LogP contribution in [0.2, 0.25) is 0 Å². The molecule has 7 rings (SSSR count). The number of benzene rings is 2. The van der Waals surface area contributed by atoms with E-state index in [1.165, 1.54) is 48.5 Å². The Labute approximate surface area is 216 Å². The zero-order valence-corrected chi connectivity index (χ0v) is 20.4. The summed E-state index contributed by atoms with van der Waals surface area (Å²) in [5.74, 6) is 0.998. The minimum absolute atomic E-state index is 0.0207. The van der Waals surface area contributed by atoms with Crippen molar-refractivity contribution in [1.29, 1.82) is 0 Å². The van der Waals surface area contributed by atoms with Gasteiger partial charge in [0.25, 0.3) is 0 Å². The fraction of sp³-hybridized carbons (Fsp3) is 0.357. The number of fused-ring (bicyclic) bond motifs is 4.